The maximum Gasteiger partial charge on any atom is 0.294 e. The number of benzene rings is 1. The minimum Gasteiger partial charge on any atom is -0.282 e. The zero-order chi connectivity index (χ0) is 9.47. The molecule has 1 aromatic heterocycles. The van der Waals surface area contributed by atoms with Crippen LogP contribution in [-0.2, 0) is 10.1 Å². The van der Waals surface area contributed by atoms with E-state index >= 15 is 0 Å². The summed E-state index contributed by atoms with van der Waals surface area (Å²) in [5.74, 6) is 0. The Morgan fingerprint density at radius 3 is 2.85 bits per heavy atom. The Bertz CT molecular complexity index is 544. The summed E-state index contributed by atoms with van der Waals surface area (Å²) < 4.78 is 34.2. The average molecular weight is 215 g/mol. The maximum absolute atomic E-state index is 10.7. The quantitative estimate of drug-likeness (QED) is 0.733. The second-order valence-corrected chi connectivity index (χ2v) is 4.56. The average Bonchev–Trinajstić information content (AvgIpc) is 2.47. The van der Waals surface area contributed by atoms with Gasteiger partial charge in [0.15, 0.2) is 0 Å². The van der Waals surface area contributed by atoms with Crippen molar-refractivity contribution >= 4 is 32.6 Å². The predicted octanol–water partition coefficient (Wildman–Crippen LogP) is 1.54. The molecule has 0 atom stereocenters. The third kappa shape index (κ3) is 1.55. The van der Waals surface area contributed by atoms with Gasteiger partial charge in [0.1, 0.15) is 0 Å². The Balaban J connectivity index is 2.75. The first-order chi connectivity index (χ1) is 6.07. The first-order valence-electron chi connectivity index (χ1n) is 3.39. The molecule has 0 fully saturated rings. The molecule has 0 aliphatic rings. The lowest BCUT2D eigenvalue weighted by atomic mass is 10.3. The highest BCUT2D eigenvalue weighted by Gasteiger charge is 2.09. The van der Waals surface area contributed by atoms with Crippen LogP contribution < -0.4 is 0 Å². The van der Waals surface area contributed by atoms with Gasteiger partial charge in [-0.25, -0.2) is 0 Å². The second kappa shape index (κ2) is 2.76. The number of nitrogens with zero attached hydrogens (tertiary/aromatic N) is 1. The molecule has 0 spiro atoms. The molecule has 1 heterocycles. The molecule has 0 saturated carbocycles. The Morgan fingerprint density at radius 1 is 1.38 bits per heavy atom. The van der Waals surface area contributed by atoms with Crippen LogP contribution in [0.15, 0.2) is 28.5 Å². The van der Waals surface area contributed by atoms with Gasteiger partial charge in [0.25, 0.3) is 10.1 Å². The zero-order valence-electron chi connectivity index (χ0n) is 6.34. The highest BCUT2D eigenvalue weighted by molar-refractivity contribution is 7.85. The van der Waals surface area contributed by atoms with Crippen LogP contribution in [0, 0.1) is 0 Å². The zero-order valence-corrected chi connectivity index (χ0v) is 7.97. The van der Waals surface area contributed by atoms with Crippen LogP contribution in [0.4, 0.5) is 0 Å². The third-order valence-electron chi connectivity index (χ3n) is 1.63. The predicted molar refractivity (Wildman–Crippen MR) is 49.4 cm³/mol. The summed E-state index contributed by atoms with van der Waals surface area (Å²) in [5.41, 5.74) is 0.734. The van der Waals surface area contributed by atoms with Crippen molar-refractivity contribution in [1.82, 2.24) is 4.37 Å². The van der Waals surface area contributed by atoms with Crippen molar-refractivity contribution in [2.75, 3.05) is 0 Å². The van der Waals surface area contributed by atoms with Crippen LogP contribution in [-0.4, -0.2) is 17.3 Å². The minimum absolute atomic E-state index is 0.0970. The van der Waals surface area contributed by atoms with Crippen LogP contribution in [0.25, 0.3) is 10.9 Å². The molecule has 0 amide bonds. The number of hydrogen-bond donors (Lipinski definition) is 1. The van der Waals surface area contributed by atoms with E-state index in [9.17, 15) is 8.42 Å². The summed E-state index contributed by atoms with van der Waals surface area (Å²) in [5, 5.41) is 2.45. The van der Waals surface area contributed by atoms with E-state index in [1.54, 1.807) is 11.4 Å². The number of fused-ring (bicyclic) bond motifs is 1. The summed E-state index contributed by atoms with van der Waals surface area (Å²) >= 11 is 1.25. The van der Waals surface area contributed by atoms with Gasteiger partial charge < -0.3 is 0 Å². The summed E-state index contributed by atoms with van der Waals surface area (Å²) in [6.07, 6.45) is 0. The topological polar surface area (TPSA) is 67.3 Å². The van der Waals surface area contributed by atoms with E-state index in [4.69, 9.17) is 4.55 Å². The molecular weight excluding hydrogens is 210 g/mol. The molecule has 2 rings (SSSR count). The van der Waals surface area contributed by atoms with Crippen molar-refractivity contribution < 1.29 is 13.0 Å². The van der Waals surface area contributed by atoms with Crippen LogP contribution in [0.2, 0.25) is 0 Å². The first kappa shape index (κ1) is 8.61. The molecular formula is C7H5NO3S2. The maximum atomic E-state index is 10.7. The van der Waals surface area contributed by atoms with E-state index in [1.165, 1.54) is 23.7 Å². The van der Waals surface area contributed by atoms with E-state index < -0.39 is 10.1 Å². The van der Waals surface area contributed by atoms with Gasteiger partial charge in [-0.3, -0.25) is 4.55 Å². The summed E-state index contributed by atoms with van der Waals surface area (Å²) in [6, 6.07) is 4.29. The van der Waals surface area contributed by atoms with E-state index in [1.807, 2.05) is 0 Å². The van der Waals surface area contributed by atoms with E-state index in [-0.39, 0.29) is 4.90 Å². The molecule has 0 aliphatic heterocycles. The molecule has 0 saturated heterocycles. The van der Waals surface area contributed by atoms with Crippen LogP contribution in [0.1, 0.15) is 0 Å². The van der Waals surface area contributed by atoms with Crippen molar-refractivity contribution in [2.24, 2.45) is 0 Å². The van der Waals surface area contributed by atoms with Crippen molar-refractivity contribution in [2.45, 2.75) is 4.90 Å². The SMILES string of the molecule is O=S(=O)(O)c1ccc2nscc2c1. The summed E-state index contributed by atoms with van der Waals surface area (Å²) in [7, 11) is -4.10. The number of hydrogen-bond acceptors (Lipinski definition) is 4. The molecule has 13 heavy (non-hydrogen) atoms. The fraction of sp³-hybridized carbons (Fsp3) is 0. The van der Waals surface area contributed by atoms with Crippen molar-refractivity contribution in [3.8, 4) is 0 Å². The Kier molecular flexibility index (Phi) is 1.83. The van der Waals surface area contributed by atoms with E-state index in [2.05, 4.69) is 4.37 Å². The first-order valence-corrected chi connectivity index (χ1v) is 5.67. The molecule has 0 radical (unpaired) electrons. The van der Waals surface area contributed by atoms with Gasteiger partial charge in [-0.1, -0.05) is 0 Å². The van der Waals surface area contributed by atoms with Gasteiger partial charge in [0.05, 0.1) is 10.4 Å². The van der Waals surface area contributed by atoms with Gasteiger partial charge in [-0.15, -0.1) is 0 Å². The van der Waals surface area contributed by atoms with Crippen molar-refractivity contribution in [3.05, 3.63) is 23.6 Å². The van der Waals surface area contributed by atoms with Crippen LogP contribution in [0.5, 0.6) is 0 Å². The van der Waals surface area contributed by atoms with Crippen LogP contribution >= 0.6 is 11.5 Å². The number of rotatable bonds is 1. The third-order valence-corrected chi connectivity index (χ3v) is 3.14. The molecule has 0 aliphatic carbocycles. The fourth-order valence-electron chi connectivity index (χ4n) is 1.01. The lowest BCUT2D eigenvalue weighted by molar-refractivity contribution is 0.483. The minimum atomic E-state index is -4.10. The van der Waals surface area contributed by atoms with Gasteiger partial charge in [0.2, 0.25) is 0 Å². The van der Waals surface area contributed by atoms with E-state index in [0.717, 1.165) is 10.9 Å². The molecule has 1 N–H and O–H groups in total. The molecule has 2 aromatic rings. The monoisotopic (exact) mass is 215 g/mol. The Hall–Kier alpha value is -0.980. The van der Waals surface area contributed by atoms with Gasteiger partial charge in [-0.2, -0.15) is 12.8 Å². The normalized spacial score (nSPS) is 12.1. The molecule has 0 unspecified atom stereocenters. The molecule has 1 aromatic carbocycles. The second-order valence-electron chi connectivity index (χ2n) is 2.51. The van der Waals surface area contributed by atoms with Crippen molar-refractivity contribution in [3.63, 3.8) is 0 Å². The molecule has 0 bridgehead atoms. The smallest absolute Gasteiger partial charge is 0.282 e. The Labute approximate surface area is 78.7 Å². The van der Waals surface area contributed by atoms with Gasteiger partial charge in [-0.05, 0) is 29.7 Å². The lowest BCUT2D eigenvalue weighted by Crippen LogP contribution is -1.96. The summed E-state index contributed by atoms with van der Waals surface area (Å²) in [4.78, 5) is -0.0970. The molecule has 4 nitrogen and oxygen atoms in total. The highest BCUT2D eigenvalue weighted by atomic mass is 32.2. The summed E-state index contributed by atoms with van der Waals surface area (Å²) in [6.45, 7) is 0. The largest absolute Gasteiger partial charge is 0.294 e. The van der Waals surface area contributed by atoms with Crippen molar-refractivity contribution in [1.29, 1.82) is 0 Å². The van der Waals surface area contributed by atoms with Gasteiger partial charge >= 0.3 is 0 Å². The number of aromatic nitrogens is 1. The standard InChI is InChI=1S/C7H5NO3S2/c9-13(10,11)6-1-2-7-5(3-6)4-12-8-7/h1-4H,(H,9,10,11). The lowest BCUT2D eigenvalue weighted by Gasteiger charge is -1.95. The Morgan fingerprint density at radius 2 is 2.15 bits per heavy atom. The highest BCUT2D eigenvalue weighted by Crippen LogP contribution is 2.19. The fourth-order valence-corrected chi connectivity index (χ4v) is 2.16. The van der Waals surface area contributed by atoms with Gasteiger partial charge in [0, 0.05) is 10.8 Å². The molecule has 68 valence electrons. The molecule has 6 heteroatoms. The van der Waals surface area contributed by atoms with E-state index in [0.29, 0.717) is 0 Å². The van der Waals surface area contributed by atoms with Crippen LogP contribution in [0.3, 0.4) is 0 Å².